The Morgan fingerprint density at radius 3 is 2.62 bits per heavy atom. The van der Waals surface area contributed by atoms with Gasteiger partial charge in [-0.2, -0.15) is 4.31 Å². The minimum atomic E-state index is -3.37. The number of benzene rings is 1. The van der Waals surface area contributed by atoms with Crippen LogP contribution in [-0.2, 0) is 10.0 Å². The van der Waals surface area contributed by atoms with Crippen molar-refractivity contribution in [1.82, 2.24) is 9.62 Å². The summed E-state index contributed by atoms with van der Waals surface area (Å²) in [6.07, 6.45) is 4.08. The predicted octanol–water partition coefficient (Wildman–Crippen LogP) is 2.54. The smallest absolute Gasteiger partial charge is 0.243 e. The normalized spacial score (nSPS) is 20.6. The number of nitrogens with one attached hydrogen (secondary N) is 1. The lowest BCUT2D eigenvalue weighted by Crippen LogP contribution is -2.48. The first-order valence-electron chi connectivity index (χ1n) is 7.85. The highest BCUT2D eigenvalue weighted by atomic mass is 32.2. The van der Waals surface area contributed by atoms with Gasteiger partial charge in [-0.3, -0.25) is 0 Å². The molecule has 4 nitrogen and oxygen atoms in total. The molecule has 1 unspecified atom stereocenters. The van der Waals surface area contributed by atoms with E-state index in [0.717, 1.165) is 44.3 Å². The van der Waals surface area contributed by atoms with Crippen LogP contribution in [0.25, 0.3) is 0 Å². The van der Waals surface area contributed by atoms with E-state index in [0.29, 0.717) is 11.4 Å². The number of hydrogen-bond donors (Lipinski definition) is 1. The van der Waals surface area contributed by atoms with Crippen molar-refractivity contribution in [2.24, 2.45) is 0 Å². The molecular formula is C16H26N2O2S. The highest BCUT2D eigenvalue weighted by molar-refractivity contribution is 7.89. The Morgan fingerprint density at radius 1 is 1.24 bits per heavy atom. The van der Waals surface area contributed by atoms with E-state index in [2.05, 4.69) is 12.2 Å². The van der Waals surface area contributed by atoms with E-state index in [1.165, 1.54) is 0 Å². The topological polar surface area (TPSA) is 49.4 Å². The molecule has 118 valence electrons. The van der Waals surface area contributed by atoms with Gasteiger partial charge in [-0.25, -0.2) is 8.42 Å². The van der Waals surface area contributed by atoms with Crippen molar-refractivity contribution in [3.63, 3.8) is 0 Å². The molecule has 1 aliphatic heterocycles. The minimum Gasteiger partial charge on any atom is -0.315 e. The van der Waals surface area contributed by atoms with Gasteiger partial charge in [0, 0.05) is 19.1 Å². The Kier molecular flexibility index (Phi) is 5.79. The van der Waals surface area contributed by atoms with Gasteiger partial charge in [-0.1, -0.05) is 31.0 Å². The van der Waals surface area contributed by atoms with Gasteiger partial charge in [0.15, 0.2) is 0 Å². The fraction of sp³-hybridized carbons (Fsp3) is 0.625. The monoisotopic (exact) mass is 310 g/mol. The first-order chi connectivity index (χ1) is 10.1. The second kappa shape index (κ2) is 7.38. The van der Waals surface area contributed by atoms with Crippen LogP contribution in [0.5, 0.6) is 0 Å². The SMILES string of the molecule is CCCNCC1CCCCN1S(=O)(=O)c1ccc(C)cc1. The van der Waals surface area contributed by atoms with Gasteiger partial charge in [0.2, 0.25) is 10.0 Å². The Morgan fingerprint density at radius 2 is 1.95 bits per heavy atom. The highest BCUT2D eigenvalue weighted by Crippen LogP contribution is 2.25. The summed E-state index contributed by atoms with van der Waals surface area (Å²) < 4.78 is 27.4. The van der Waals surface area contributed by atoms with Gasteiger partial charge in [0.1, 0.15) is 0 Å². The zero-order valence-electron chi connectivity index (χ0n) is 13.0. The molecule has 0 radical (unpaired) electrons. The lowest BCUT2D eigenvalue weighted by atomic mass is 10.1. The summed E-state index contributed by atoms with van der Waals surface area (Å²) in [5, 5.41) is 3.36. The van der Waals surface area contributed by atoms with E-state index in [1.807, 2.05) is 19.1 Å². The maximum absolute atomic E-state index is 12.8. The lowest BCUT2D eigenvalue weighted by Gasteiger charge is -2.35. The van der Waals surface area contributed by atoms with Crippen LogP contribution in [0.15, 0.2) is 29.2 Å². The Bertz CT molecular complexity index is 540. The van der Waals surface area contributed by atoms with Gasteiger partial charge in [-0.05, 0) is 44.9 Å². The number of hydrogen-bond acceptors (Lipinski definition) is 3. The molecular weight excluding hydrogens is 284 g/mol. The van der Waals surface area contributed by atoms with E-state index >= 15 is 0 Å². The molecule has 1 aromatic carbocycles. The molecule has 1 saturated heterocycles. The summed E-state index contributed by atoms with van der Waals surface area (Å²) >= 11 is 0. The number of rotatable bonds is 6. The third-order valence-electron chi connectivity index (χ3n) is 4.01. The fourth-order valence-electron chi connectivity index (χ4n) is 2.79. The summed E-state index contributed by atoms with van der Waals surface area (Å²) in [6, 6.07) is 7.24. The maximum atomic E-state index is 12.8. The largest absolute Gasteiger partial charge is 0.315 e. The van der Waals surface area contributed by atoms with Gasteiger partial charge in [0.05, 0.1) is 4.90 Å². The van der Waals surface area contributed by atoms with Crippen molar-refractivity contribution in [2.75, 3.05) is 19.6 Å². The summed E-state index contributed by atoms with van der Waals surface area (Å²) in [7, 11) is -3.37. The van der Waals surface area contributed by atoms with Crippen LogP contribution in [-0.4, -0.2) is 38.4 Å². The van der Waals surface area contributed by atoms with Crippen molar-refractivity contribution >= 4 is 10.0 Å². The second-order valence-electron chi connectivity index (χ2n) is 5.78. The molecule has 2 rings (SSSR count). The van der Waals surface area contributed by atoms with E-state index in [1.54, 1.807) is 16.4 Å². The van der Waals surface area contributed by atoms with E-state index in [9.17, 15) is 8.42 Å². The van der Waals surface area contributed by atoms with Crippen LogP contribution in [0.2, 0.25) is 0 Å². The Hall–Kier alpha value is -0.910. The molecule has 1 atom stereocenters. The molecule has 1 aromatic rings. The van der Waals surface area contributed by atoms with Crippen molar-refractivity contribution in [3.05, 3.63) is 29.8 Å². The van der Waals surface area contributed by atoms with Crippen molar-refractivity contribution < 1.29 is 8.42 Å². The van der Waals surface area contributed by atoms with Gasteiger partial charge in [-0.15, -0.1) is 0 Å². The molecule has 0 aliphatic carbocycles. The lowest BCUT2D eigenvalue weighted by molar-refractivity contribution is 0.246. The molecule has 1 heterocycles. The van der Waals surface area contributed by atoms with E-state index in [-0.39, 0.29) is 6.04 Å². The standard InChI is InChI=1S/C16H26N2O2S/c1-3-11-17-13-15-6-4-5-12-18(15)21(19,20)16-9-7-14(2)8-10-16/h7-10,15,17H,3-6,11-13H2,1-2H3. The van der Waals surface area contributed by atoms with Crippen LogP contribution in [0.1, 0.15) is 38.2 Å². The fourth-order valence-corrected chi connectivity index (χ4v) is 4.48. The average molecular weight is 310 g/mol. The minimum absolute atomic E-state index is 0.0802. The van der Waals surface area contributed by atoms with Crippen molar-refractivity contribution in [2.45, 2.75) is 50.5 Å². The van der Waals surface area contributed by atoms with Gasteiger partial charge in [0.25, 0.3) is 0 Å². The molecule has 21 heavy (non-hydrogen) atoms. The Balaban J connectivity index is 2.17. The zero-order chi connectivity index (χ0) is 15.3. The first kappa shape index (κ1) is 16.5. The molecule has 1 fully saturated rings. The molecule has 1 aliphatic rings. The Labute approximate surface area is 128 Å². The van der Waals surface area contributed by atoms with Crippen LogP contribution in [0.3, 0.4) is 0 Å². The third-order valence-corrected chi connectivity index (χ3v) is 5.97. The summed E-state index contributed by atoms with van der Waals surface area (Å²) in [4.78, 5) is 0.412. The molecule has 1 N–H and O–H groups in total. The quantitative estimate of drug-likeness (QED) is 0.822. The predicted molar refractivity (Wildman–Crippen MR) is 85.9 cm³/mol. The molecule has 5 heteroatoms. The second-order valence-corrected chi connectivity index (χ2v) is 7.67. The average Bonchev–Trinajstić information content (AvgIpc) is 2.48. The van der Waals surface area contributed by atoms with E-state index in [4.69, 9.17) is 0 Å². The number of sulfonamides is 1. The third kappa shape index (κ3) is 4.05. The molecule has 0 saturated carbocycles. The van der Waals surface area contributed by atoms with Crippen LogP contribution in [0.4, 0.5) is 0 Å². The number of nitrogens with zero attached hydrogens (tertiary/aromatic N) is 1. The van der Waals surface area contributed by atoms with Crippen molar-refractivity contribution in [1.29, 1.82) is 0 Å². The molecule has 0 bridgehead atoms. The van der Waals surface area contributed by atoms with E-state index < -0.39 is 10.0 Å². The van der Waals surface area contributed by atoms with Gasteiger partial charge < -0.3 is 5.32 Å². The molecule has 0 amide bonds. The van der Waals surface area contributed by atoms with Crippen LogP contribution in [0, 0.1) is 6.92 Å². The van der Waals surface area contributed by atoms with Crippen LogP contribution < -0.4 is 5.32 Å². The maximum Gasteiger partial charge on any atom is 0.243 e. The van der Waals surface area contributed by atoms with Crippen molar-refractivity contribution in [3.8, 4) is 0 Å². The van der Waals surface area contributed by atoms with Crippen LogP contribution >= 0.6 is 0 Å². The summed E-state index contributed by atoms with van der Waals surface area (Å²) in [5.41, 5.74) is 1.08. The van der Waals surface area contributed by atoms with Gasteiger partial charge >= 0.3 is 0 Å². The summed E-state index contributed by atoms with van der Waals surface area (Å²) in [6.45, 7) is 6.41. The zero-order valence-corrected chi connectivity index (χ0v) is 13.8. The first-order valence-corrected chi connectivity index (χ1v) is 9.29. The summed E-state index contributed by atoms with van der Waals surface area (Å²) in [5.74, 6) is 0. The number of aryl methyl sites for hydroxylation is 1. The number of piperidine rings is 1. The highest BCUT2D eigenvalue weighted by Gasteiger charge is 2.32. The molecule has 0 spiro atoms. The molecule has 0 aromatic heterocycles.